The van der Waals surface area contributed by atoms with Crippen molar-refractivity contribution in [2.24, 2.45) is 10.9 Å². The lowest BCUT2D eigenvalue weighted by atomic mass is 10.0. The largest absolute Gasteiger partial charge is 0.378 e. The number of amides is 1. The van der Waals surface area contributed by atoms with Crippen LogP contribution in [0, 0.1) is 5.92 Å². The van der Waals surface area contributed by atoms with Gasteiger partial charge in [-0.1, -0.05) is 13.8 Å². The number of halogens is 1. The highest BCUT2D eigenvalue weighted by Crippen LogP contribution is 2.09. The fourth-order valence-electron chi connectivity index (χ4n) is 2.11. The number of hydrogen-bond acceptors (Lipinski definition) is 3. The smallest absolute Gasteiger partial charge is 0.242 e. The molecule has 0 spiro atoms. The Kier molecular flexibility index (Phi) is 14.6. The Labute approximate surface area is 165 Å². The third-order valence-corrected chi connectivity index (χ3v) is 3.09. The highest BCUT2D eigenvalue weighted by molar-refractivity contribution is 14.0. The number of rotatable bonds is 9. The Balaban J connectivity index is 0. The highest BCUT2D eigenvalue weighted by Gasteiger charge is 2.14. The molecule has 1 unspecified atom stereocenters. The predicted molar refractivity (Wildman–Crippen MR) is 112 cm³/mol. The summed E-state index contributed by atoms with van der Waals surface area (Å²) in [5.74, 6) is 1.06. The van der Waals surface area contributed by atoms with Crippen LogP contribution in [0.25, 0.3) is 0 Å². The maximum atomic E-state index is 11.8. The first-order valence-corrected chi connectivity index (χ1v) is 8.64. The second-order valence-corrected chi connectivity index (χ2v) is 6.95. The minimum absolute atomic E-state index is 0. The van der Waals surface area contributed by atoms with Gasteiger partial charge in [0, 0.05) is 25.2 Å². The molecule has 0 saturated carbocycles. The molecule has 0 rings (SSSR count). The average Bonchev–Trinajstić information content (AvgIpc) is 2.41. The molecule has 0 saturated heterocycles. The predicted octanol–water partition coefficient (Wildman–Crippen LogP) is 2.53. The maximum Gasteiger partial charge on any atom is 0.242 e. The van der Waals surface area contributed by atoms with Crippen molar-refractivity contribution in [3.8, 4) is 0 Å². The molecule has 3 N–H and O–H groups in total. The summed E-state index contributed by atoms with van der Waals surface area (Å²) in [6.07, 6.45) is 1.14. The van der Waals surface area contributed by atoms with Crippen LogP contribution in [0.1, 0.15) is 54.9 Å². The fourth-order valence-corrected chi connectivity index (χ4v) is 2.11. The molecule has 7 heteroatoms. The van der Waals surface area contributed by atoms with E-state index in [1.807, 2.05) is 34.6 Å². The lowest BCUT2D eigenvalue weighted by Crippen LogP contribution is -2.43. The van der Waals surface area contributed by atoms with E-state index in [2.05, 4.69) is 34.8 Å². The lowest BCUT2D eigenvalue weighted by molar-refractivity contribution is -0.121. The van der Waals surface area contributed by atoms with Gasteiger partial charge in [-0.2, -0.15) is 0 Å². The first-order valence-electron chi connectivity index (χ1n) is 8.64. The van der Waals surface area contributed by atoms with E-state index in [1.165, 1.54) is 0 Å². The van der Waals surface area contributed by atoms with Crippen molar-refractivity contribution in [3.63, 3.8) is 0 Å². The van der Waals surface area contributed by atoms with Gasteiger partial charge in [0.05, 0.1) is 6.10 Å². The Morgan fingerprint density at radius 1 is 1.17 bits per heavy atom. The number of nitrogens with one attached hydrogen (secondary N) is 3. The van der Waals surface area contributed by atoms with Crippen molar-refractivity contribution in [1.29, 1.82) is 0 Å². The van der Waals surface area contributed by atoms with Gasteiger partial charge >= 0.3 is 0 Å². The number of carbonyl (C=O) groups is 1. The summed E-state index contributed by atoms with van der Waals surface area (Å²) in [6, 6.07) is 0. The zero-order valence-electron chi connectivity index (χ0n) is 16.4. The summed E-state index contributed by atoms with van der Waals surface area (Å²) in [5.41, 5.74) is -0.236. The van der Waals surface area contributed by atoms with Gasteiger partial charge in [0.25, 0.3) is 0 Å². The molecule has 1 amide bonds. The van der Waals surface area contributed by atoms with Gasteiger partial charge in [-0.15, -0.1) is 24.0 Å². The van der Waals surface area contributed by atoms with E-state index in [1.54, 1.807) is 0 Å². The van der Waals surface area contributed by atoms with Gasteiger partial charge in [-0.25, -0.2) is 4.99 Å². The van der Waals surface area contributed by atoms with Crippen molar-refractivity contribution in [3.05, 3.63) is 0 Å². The van der Waals surface area contributed by atoms with Crippen molar-refractivity contribution in [1.82, 2.24) is 16.0 Å². The van der Waals surface area contributed by atoms with E-state index in [4.69, 9.17) is 4.74 Å². The summed E-state index contributed by atoms with van der Waals surface area (Å²) in [7, 11) is 0. The number of ether oxygens (including phenoxy) is 1. The molecule has 0 aliphatic rings. The Morgan fingerprint density at radius 3 is 2.25 bits per heavy atom. The second-order valence-electron chi connectivity index (χ2n) is 6.95. The van der Waals surface area contributed by atoms with Crippen molar-refractivity contribution in [2.75, 3.05) is 26.2 Å². The molecule has 1 atom stereocenters. The van der Waals surface area contributed by atoms with Crippen LogP contribution in [0.2, 0.25) is 0 Å². The maximum absolute atomic E-state index is 11.8. The Hall–Kier alpha value is -0.570. The summed E-state index contributed by atoms with van der Waals surface area (Å²) < 4.78 is 5.73. The van der Waals surface area contributed by atoms with E-state index >= 15 is 0 Å². The van der Waals surface area contributed by atoms with Gasteiger partial charge in [-0.05, 0) is 47.0 Å². The summed E-state index contributed by atoms with van der Waals surface area (Å²) in [5, 5.41) is 9.32. The van der Waals surface area contributed by atoms with Crippen LogP contribution in [-0.4, -0.2) is 49.8 Å². The Morgan fingerprint density at radius 2 is 1.79 bits per heavy atom. The number of nitrogens with zero attached hydrogens (tertiary/aromatic N) is 1. The average molecular weight is 456 g/mol. The van der Waals surface area contributed by atoms with Crippen molar-refractivity contribution >= 4 is 35.8 Å². The zero-order chi connectivity index (χ0) is 17.9. The first kappa shape index (κ1) is 25.7. The van der Waals surface area contributed by atoms with Gasteiger partial charge < -0.3 is 20.7 Å². The van der Waals surface area contributed by atoms with Crippen LogP contribution in [0.3, 0.4) is 0 Å². The van der Waals surface area contributed by atoms with Gasteiger partial charge in [0.1, 0.15) is 6.54 Å². The van der Waals surface area contributed by atoms with E-state index in [0.29, 0.717) is 11.9 Å². The number of carbonyl (C=O) groups excluding carboxylic acids is 1. The molecule has 0 fully saturated rings. The second kappa shape index (κ2) is 13.7. The van der Waals surface area contributed by atoms with E-state index < -0.39 is 0 Å². The Bertz CT molecular complexity index is 368. The third-order valence-electron chi connectivity index (χ3n) is 3.09. The number of aliphatic imine (C=N–C) groups is 1. The molecule has 0 aromatic heterocycles. The summed E-state index contributed by atoms with van der Waals surface area (Å²) >= 11 is 0. The van der Waals surface area contributed by atoms with E-state index in [9.17, 15) is 4.79 Å². The third kappa shape index (κ3) is 13.8. The number of hydrogen-bond donors (Lipinski definition) is 3. The van der Waals surface area contributed by atoms with Crippen LogP contribution >= 0.6 is 24.0 Å². The van der Waals surface area contributed by atoms with Crippen molar-refractivity contribution in [2.45, 2.75) is 66.5 Å². The molecule has 0 aliphatic carbocycles. The molecule has 0 radical (unpaired) electrons. The lowest BCUT2D eigenvalue weighted by Gasteiger charge is -2.22. The fraction of sp³-hybridized carbons (Fsp3) is 0.882. The molecule has 144 valence electrons. The molecule has 24 heavy (non-hydrogen) atoms. The molecule has 6 nitrogen and oxygen atoms in total. The number of guanidine groups is 1. The molecular weight excluding hydrogens is 419 g/mol. The van der Waals surface area contributed by atoms with E-state index in [-0.39, 0.29) is 48.1 Å². The topological polar surface area (TPSA) is 74.8 Å². The molecule has 0 bridgehead atoms. The van der Waals surface area contributed by atoms with Crippen molar-refractivity contribution < 1.29 is 9.53 Å². The first-order chi connectivity index (χ1) is 10.7. The summed E-state index contributed by atoms with van der Waals surface area (Å²) in [6.45, 7) is 16.6. The minimum atomic E-state index is -0.236. The molecular formula is C17H37IN4O2. The van der Waals surface area contributed by atoms with Gasteiger partial charge in [-0.3, -0.25) is 4.79 Å². The van der Waals surface area contributed by atoms with Crippen LogP contribution in [0.4, 0.5) is 0 Å². The SMILES string of the molecule is CCNC(=NCC(=O)NC(C)(C)C)NCCC(OCC)C(C)C.I. The van der Waals surface area contributed by atoms with Crippen LogP contribution in [0.15, 0.2) is 4.99 Å². The van der Waals surface area contributed by atoms with E-state index in [0.717, 1.165) is 26.1 Å². The highest BCUT2D eigenvalue weighted by atomic mass is 127. The molecule has 0 aliphatic heterocycles. The minimum Gasteiger partial charge on any atom is -0.378 e. The van der Waals surface area contributed by atoms with Gasteiger partial charge in [0.15, 0.2) is 5.96 Å². The monoisotopic (exact) mass is 456 g/mol. The standard InChI is InChI=1S/C17H36N4O2.HI/c1-8-18-16(20-12-15(22)21-17(5,6)7)19-11-10-14(13(3)4)23-9-2;/h13-14H,8-12H2,1-7H3,(H,21,22)(H2,18,19,20);1H. The normalized spacial score (nSPS) is 13.2. The molecule has 0 aromatic carbocycles. The molecule has 0 aromatic rings. The van der Waals surface area contributed by atoms with Crippen LogP contribution in [-0.2, 0) is 9.53 Å². The summed E-state index contributed by atoms with van der Waals surface area (Å²) in [4.78, 5) is 16.2. The zero-order valence-corrected chi connectivity index (χ0v) is 18.7. The quantitative estimate of drug-likeness (QED) is 0.283. The van der Waals surface area contributed by atoms with Crippen LogP contribution in [0.5, 0.6) is 0 Å². The van der Waals surface area contributed by atoms with Crippen LogP contribution < -0.4 is 16.0 Å². The van der Waals surface area contributed by atoms with Gasteiger partial charge in [0.2, 0.25) is 5.91 Å². The molecule has 0 heterocycles.